The van der Waals surface area contributed by atoms with Crippen molar-refractivity contribution in [2.75, 3.05) is 12.8 Å². The molecule has 0 atom stereocenters. The van der Waals surface area contributed by atoms with E-state index in [1.807, 2.05) is 6.92 Å². The molecule has 0 aliphatic carbocycles. The molecule has 1 aromatic heterocycles. The summed E-state index contributed by atoms with van der Waals surface area (Å²) in [6.07, 6.45) is 0. The molecule has 17 heavy (non-hydrogen) atoms. The van der Waals surface area contributed by atoms with Gasteiger partial charge in [0.05, 0.1) is 11.6 Å². The van der Waals surface area contributed by atoms with Crippen LogP contribution in [0, 0.1) is 12.7 Å². The van der Waals surface area contributed by atoms with E-state index in [4.69, 9.17) is 15.0 Å². The third-order valence-corrected chi connectivity index (χ3v) is 3.34. The lowest BCUT2D eigenvalue weighted by Gasteiger charge is -2.10. The Morgan fingerprint density at radius 3 is 2.71 bits per heavy atom. The Bertz CT molecular complexity index is 569. The zero-order valence-electron chi connectivity index (χ0n) is 9.25. The van der Waals surface area contributed by atoms with Gasteiger partial charge in [0.1, 0.15) is 5.69 Å². The average Bonchev–Trinajstić information content (AvgIpc) is 2.71. The van der Waals surface area contributed by atoms with Gasteiger partial charge >= 0.3 is 0 Å². The largest absolute Gasteiger partial charge is 0.492 e. The van der Waals surface area contributed by atoms with Gasteiger partial charge in [-0.25, -0.2) is 4.39 Å². The smallest absolute Gasteiger partial charge is 0.222 e. The lowest BCUT2D eigenvalue weighted by atomic mass is 10.1. The van der Waals surface area contributed by atoms with Crippen LogP contribution in [0.1, 0.15) is 5.56 Å². The molecule has 2 rings (SSSR count). The fraction of sp³-hybridized carbons (Fsp3) is 0.182. The SMILES string of the molecule is COc1c(F)c(-c2cc(N)on2)cc(C)c1Br. The summed E-state index contributed by atoms with van der Waals surface area (Å²) in [5.41, 5.74) is 6.88. The van der Waals surface area contributed by atoms with Crippen molar-refractivity contribution in [1.82, 2.24) is 5.16 Å². The maximum atomic E-state index is 14.1. The molecule has 0 spiro atoms. The number of nitrogens with two attached hydrogens (primary N) is 1. The quantitative estimate of drug-likeness (QED) is 0.925. The van der Waals surface area contributed by atoms with E-state index in [-0.39, 0.29) is 11.6 Å². The Balaban J connectivity index is 2.67. The summed E-state index contributed by atoms with van der Waals surface area (Å²) in [5, 5.41) is 3.68. The van der Waals surface area contributed by atoms with Gasteiger partial charge in [0.25, 0.3) is 0 Å². The van der Waals surface area contributed by atoms with E-state index in [1.54, 1.807) is 6.07 Å². The molecule has 90 valence electrons. The molecule has 0 amide bonds. The molecule has 2 aromatic rings. The van der Waals surface area contributed by atoms with Crippen LogP contribution < -0.4 is 10.5 Å². The first-order chi connectivity index (χ1) is 8.04. The van der Waals surface area contributed by atoms with Gasteiger partial charge in [-0.1, -0.05) is 5.16 Å². The fourth-order valence-electron chi connectivity index (χ4n) is 1.52. The van der Waals surface area contributed by atoms with Crippen molar-refractivity contribution in [2.24, 2.45) is 0 Å². The van der Waals surface area contributed by atoms with Gasteiger partial charge in [0, 0.05) is 11.6 Å². The van der Waals surface area contributed by atoms with E-state index in [1.165, 1.54) is 13.2 Å². The summed E-state index contributed by atoms with van der Waals surface area (Å²) in [5.74, 6) is -0.223. The van der Waals surface area contributed by atoms with Crippen molar-refractivity contribution >= 4 is 21.8 Å². The Labute approximate surface area is 106 Å². The molecule has 0 saturated heterocycles. The molecule has 2 N–H and O–H groups in total. The predicted octanol–water partition coefficient (Wildman–Crippen LogP) is 3.14. The highest BCUT2D eigenvalue weighted by Gasteiger charge is 2.18. The van der Waals surface area contributed by atoms with Crippen LogP contribution in [0.2, 0.25) is 0 Å². The molecular formula is C11H10BrFN2O2. The van der Waals surface area contributed by atoms with Crippen molar-refractivity contribution in [1.29, 1.82) is 0 Å². The Morgan fingerprint density at radius 2 is 2.18 bits per heavy atom. The Morgan fingerprint density at radius 1 is 1.47 bits per heavy atom. The third-order valence-electron chi connectivity index (χ3n) is 2.35. The minimum Gasteiger partial charge on any atom is -0.492 e. The summed E-state index contributed by atoms with van der Waals surface area (Å²) < 4.78 is 24.5. The Kier molecular flexibility index (Phi) is 3.06. The molecule has 6 heteroatoms. The summed E-state index contributed by atoms with van der Waals surface area (Å²) in [6, 6.07) is 3.12. The molecule has 0 fully saturated rings. The fourth-order valence-corrected chi connectivity index (χ4v) is 1.97. The second kappa shape index (κ2) is 4.37. The van der Waals surface area contributed by atoms with Gasteiger partial charge in [-0.05, 0) is 34.5 Å². The molecule has 1 heterocycles. The highest BCUT2D eigenvalue weighted by Crippen LogP contribution is 2.37. The first-order valence-electron chi connectivity index (χ1n) is 4.79. The van der Waals surface area contributed by atoms with Gasteiger partial charge < -0.3 is 15.0 Å². The topological polar surface area (TPSA) is 61.3 Å². The summed E-state index contributed by atoms with van der Waals surface area (Å²) >= 11 is 3.27. The standard InChI is InChI=1S/C11H10BrFN2O2/c1-5-3-6(7-4-8(14)17-15-7)10(13)11(16-2)9(5)12/h3-4H,14H2,1-2H3. The van der Waals surface area contributed by atoms with Gasteiger partial charge in [0.15, 0.2) is 11.6 Å². The third kappa shape index (κ3) is 2.00. The van der Waals surface area contributed by atoms with Gasteiger partial charge in [0.2, 0.25) is 5.88 Å². The van der Waals surface area contributed by atoms with Crippen molar-refractivity contribution in [3.63, 3.8) is 0 Å². The van der Waals surface area contributed by atoms with E-state index < -0.39 is 5.82 Å². The summed E-state index contributed by atoms with van der Waals surface area (Å²) in [4.78, 5) is 0. The summed E-state index contributed by atoms with van der Waals surface area (Å²) in [7, 11) is 1.41. The van der Waals surface area contributed by atoms with Crippen LogP contribution in [0.15, 0.2) is 21.1 Å². The van der Waals surface area contributed by atoms with E-state index in [0.717, 1.165) is 5.56 Å². The van der Waals surface area contributed by atoms with E-state index in [0.29, 0.717) is 15.7 Å². The van der Waals surface area contributed by atoms with Crippen LogP contribution in [0.25, 0.3) is 11.3 Å². The van der Waals surface area contributed by atoms with Crippen LogP contribution in [0.3, 0.4) is 0 Å². The van der Waals surface area contributed by atoms with Crippen molar-refractivity contribution in [3.8, 4) is 17.0 Å². The van der Waals surface area contributed by atoms with Gasteiger partial charge in [-0.3, -0.25) is 0 Å². The zero-order chi connectivity index (χ0) is 12.6. The molecule has 0 saturated carbocycles. The molecular weight excluding hydrogens is 291 g/mol. The number of aromatic nitrogens is 1. The highest BCUT2D eigenvalue weighted by atomic mass is 79.9. The minimum absolute atomic E-state index is 0.138. The van der Waals surface area contributed by atoms with Crippen molar-refractivity contribution < 1.29 is 13.7 Å². The molecule has 0 aliphatic rings. The van der Waals surface area contributed by atoms with Crippen LogP contribution in [-0.2, 0) is 0 Å². The lowest BCUT2D eigenvalue weighted by Crippen LogP contribution is -1.95. The van der Waals surface area contributed by atoms with E-state index >= 15 is 0 Å². The normalized spacial score (nSPS) is 10.6. The maximum Gasteiger partial charge on any atom is 0.222 e. The molecule has 0 bridgehead atoms. The average molecular weight is 301 g/mol. The number of benzene rings is 1. The predicted molar refractivity (Wildman–Crippen MR) is 65.3 cm³/mol. The van der Waals surface area contributed by atoms with Crippen LogP contribution in [0.4, 0.5) is 10.3 Å². The van der Waals surface area contributed by atoms with Gasteiger partial charge in [-0.15, -0.1) is 0 Å². The summed E-state index contributed by atoms with van der Waals surface area (Å²) in [6.45, 7) is 1.83. The molecule has 4 nitrogen and oxygen atoms in total. The number of hydrogen-bond acceptors (Lipinski definition) is 4. The molecule has 1 aromatic carbocycles. The number of hydrogen-bond donors (Lipinski definition) is 1. The van der Waals surface area contributed by atoms with Crippen LogP contribution >= 0.6 is 15.9 Å². The van der Waals surface area contributed by atoms with Crippen molar-refractivity contribution in [3.05, 3.63) is 28.0 Å². The second-order valence-corrected chi connectivity index (χ2v) is 4.31. The van der Waals surface area contributed by atoms with Crippen LogP contribution in [-0.4, -0.2) is 12.3 Å². The number of aryl methyl sites for hydroxylation is 1. The minimum atomic E-state index is -0.502. The lowest BCUT2D eigenvalue weighted by molar-refractivity contribution is 0.383. The maximum absolute atomic E-state index is 14.1. The number of anilines is 1. The number of nitrogen functional groups attached to an aromatic ring is 1. The monoisotopic (exact) mass is 300 g/mol. The second-order valence-electron chi connectivity index (χ2n) is 3.52. The Hall–Kier alpha value is -1.56. The van der Waals surface area contributed by atoms with Crippen molar-refractivity contribution in [2.45, 2.75) is 6.92 Å². The number of rotatable bonds is 2. The first-order valence-corrected chi connectivity index (χ1v) is 5.59. The van der Waals surface area contributed by atoms with Crippen LogP contribution in [0.5, 0.6) is 5.75 Å². The number of ether oxygens (including phenoxy) is 1. The molecule has 0 aliphatic heterocycles. The number of methoxy groups -OCH3 is 1. The molecule has 0 radical (unpaired) electrons. The van der Waals surface area contributed by atoms with Gasteiger partial charge in [-0.2, -0.15) is 0 Å². The highest BCUT2D eigenvalue weighted by molar-refractivity contribution is 9.10. The first kappa shape index (κ1) is 11.9. The molecule has 0 unspecified atom stereocenters. The number of nitrogens with zero attached hydrogens (tertiary/aromatic N) is 1. The van der Waals surface area contributed by atoms with E-state index in [2.05, 4.69) is 21.1 Å². The number of halogens is 2. The van der Waals surface area contributed by atoms with E-state index in [9.17, 15) is 4.39 Å². The zero-order valence-corrected chi connectivity index (χ0v) is 10.8.